The van der Waals surface area contributed by atoms with Crippen LogP contribution in [0.25, 0.3) is 76.9 Å². The first kappa shape index (κ1) is 27.5. The summed E-state index contributed by atoms with van der Waals surface area (Å²) in [6, 6.07) is 61.8. The van der Waals surface area contributed by atoms with Gasteiger partial charge in [0.2, 0.25) is 0 Å². The number of hydrogen-bond acceptors (Lipinski definition) is 3. The molecule has 230 valence electrons. The lowest BCUT2D eigenvalue weighted by molar-refractivity contribution is 0.665. The smallest absolute Gasteiger partial charge is 0.159 e. The number of fused-ring (bicyclic) bond motifs is 7. The Bertz CT molecular complexity index is 2810. The molecule has 0 bridgehead atoms. The number of para-hydroxylation sites is 3. The molecular formula is C46H29NO2. The number of hydrogen-bond donors (Lipinski definition) is 0. The number of furan rings is 2. The third-order valence-electron chi connectivity index (χ3n) is 9.63. The van der Waals surface area contributed by atoms with Crippen molar-refractivity contribution in [2.24, 2.45) is 0 Å². The predicted molar refractivity (Wildman–Crippen MR) is 204 cm³/mol. The van der Waals surface area contributed by atoms with Gasteiger partial charge in [-0.1, -0.05) is 127 Å². The third kappa shape index (κ3) is 4.44. The molecule has 10 aromatic rings. The van der Waals surface area contributed by atoms with Crippen LogP contribution in [0.5, 0.6) is 0 Å². The zero-order valence-corrected chi connectivity index (χ0v) is 26.5. The van der Waals surface area contributed by atoms with E-state index in [2.05, 4.69) is 163 Å². The van der Waals surface area contributed by atoms with Crippen LogP contribution in [-0.2, 0) is 0 Å². The normalized spacial score (nSPS) is 11.7. The minimum absolute atomic E-state index is 0.826. The third-order valence-corrected chi connectivity index (χ3v) is 9.63. The Kier molecular flexibility index (Phi) is 6.18. The second-order valence-corrected chi connectivity index (χ2v) is 12.5. The van der Waals surface area contributed by atoms with Crippen LogP contribution in [0.15, 0.2) is 185 Å². The van der Waals surface area contributed by atoms with Crippen LogP contribution < -0.4 is 4.90 Å². The van der Waals surface area contributed by atoms with Gasteiger partial charge in [-0.15, -0.1) is 0 Å². The maximum Gasteiger partial charge on any atom is 0.159 e. The fourth-order valence-electron chi connectivity index (χ4n) is 7.36. The highest BCUT2D eigenvalue weighted by Crippen LogP contribution is 2.48. The molecule has 8 aromatic carbocycles. The first-order chi connectivity index (χ1) is 24.3. The van der Waals surface area contributed by atoms with Crippen molar-refractivity contribution in [1.82, 2.24) is 0 Å². The van der Waals surface area contributed by atoms with Gasteiger partial charge >= 0.3 is 0 Å². The standard InChI is InChI=1S/C46H29NO2/c1-3-12-30(13-4-1)32-24-26-36(27-25-32)47(35-16-5-2-6-17-35)40-20-11-19-37-39-29-42-44(38-18-9-10-21-41(38)48-42)43(46(39)49-45(37)40)34-23-22-31-14-7-8-15-33(31)28-34/h1-29H. The summed E-state index contributed by atoms with van der Waals surface area (Å²) < 4.78 is 13.7. The molecule has 0 N–H and O–H groups in total. The molecule has 10 rings (SSSR count). The lowest BCUT2D eigenvalue weighted by atomic mass is 9.95. The summed E-state index contributed by atoms with van der Waals surface area (Å²) in [4.78, 5) is 2.29. The molecule has 0 aliphatic heterocycles. The largest absolute Gasteiger partial charge is 0.456 e. The second-order valence-electron chi connectivity index (χ2n) is 12.5. The average Bonchev–Trinajstić information content (AvgIpc) is 3.73. The highest BCUT2D eigenvalue weighted by atomic mass is 16.3. The molecule has 0 radical (unpaired) electrons. The van der Waals surface area contributed by atoms with E-state index in [0.717, 1.165) is 72.1 Å². The van der Waals surface area contributed by atoms with Gasteiger partial charge in [-0.25, -0.2) is 0 Å². The monoisotopic (exact) mass is 627 g/mol. The maximum absolute atomic E-state index is 7.14. The van der Waals surface area contributed by atoms with Crippen molar-refractivity contribution in [3.63, 3.8) is 0 Å². The van der Waals surface area contributed by atoms with Crippen molar-refractivity contribution in [3.05, 3.63) is 176 Å². The van der Waals surface area contributed by atoms with Crippen molar-refractivity contribution in [3.8, 4) is 22.3 Å². The number of rotatable bonds is 5. The Balaban J connectivity index is 1.25. The molecule has 0 unspecified atom stereocenters. The second kappa shape index (κ2) is 11.0. The molecule has 0 fully saturated rings. The van der Waals surface area contributed by atoms with Gasteiger partial charge in [0.05, 0.1) is 5.69 Å². The van der Waals surface area contributed by atoms with Gasteiger partial charge in [-0.2, -0.15) is 0 Å². The van der Waals surface area contributed by atoms with Gasteiger partial charge in [-0.3, -0.25) is 0 Å². The summed E-state index contributed by atoms with van der Waals surface area (Å²) in [7, 11) is 0. The van der Waals surface area contributed by atoms with Crippen LogP contribution in [0, 0.1) is 0 Å². The molecule has 0 spiro atoms. The Morgan fingerprint density at radius 3 is 1.86 bits per heavy atom. The van der Waals surface area contributed by atoms with E-state index in [9.17, 15) is 0 Å². The van der Waals surface area contributed by atoms with E-state index < -0.39 is 0 Å². The van der Waals surface area contributed by atoms with Gasteiger partial charge in [0.25, 0.3) is 0 Å². The first-order valence-electron chi connectivity index (χ1n) is 16.6. The Hall–Kier alpha value is -6.58. The fourth-order valence-corrected chi connectivity index (χ4v) is 7.36. The van der Waals surface area contributed by atoms with Gasteiger partial charge < -0.3 is 13.7 Å². The van der Waals surface area contributed by atoms with E-state index in [4.69, 9.17) is 8.83 Å². The molecule has 3 nitrogen and oxygen atoms in total. The number of anilines is 3. The van der Waals surface area contributed by atoms with Crippen LogP contribution in [-0.4, -0.2) is 0 Å². The lowest BCUT2D eigenvalue weighted by Gasteiger charge is -2.25. The van der Waals surface area contributed by atoms with E-state index >= 15 is 0 Å². The van der Waals surface area contributed by atoms with Crippen molar-refractivity contribution >= 4 is 71.7 Å². The van der Waals surface area contributed by atoms with Crippen LogP contribution >= 0.6 is 0 Å². The molecule has 0 saturated carbocycles. The topological polar surface area (TPSA) is 29.5 Å². The van der Waals surface area contributed by atoms with E-state index in [-0.39, 0.29) is 0 Å². The van der Waals surface area contributed by atoms with Crippen LogP contribution in [0.3, 0.4) is 0 Å². The van der Waals surface area contributed by atoms with Crippen molar-refractivity contribution in [1.29, 1.82) is 0 Å². The van der Waals surface area contributed by atoms with Gasteiger partial charge in [0.1, 0.15) is 16.7 Å². The molecule has 0 saturated heterocycles. The lowest BCUT2D eigenvalue weighted by Crippen LogP contribution is -2.10. The quantitative estimate of drug-likeness (QED) is 0.190. The van der Waals surface area contributed by atoms with E-state index in [1.54, 1.807) is 0 Å². The predicted octanol–water partition coefficient (Wildman–Crippen LogP) is 13.4. The van der Waals surface area contributed by atoms with Crippen molar-refractivity contribution < 1.29 is 8.83 Å². The molecule has 3 heteroatoms. The fraction of sp³-hybridized carbons (Fsp3) is 0. The minimum atomic E-state index is 0.826. The molecular weight excluding hydrogens is 599 g/mol. The highest BCUT2D eigenvalue weighted by molar-refractivity contribution is 6.24. The summed E-state index contributed by atoms with van der Waals surface area (Å²) in [5.74, 6) is 0. The molecule has 0 atom stereocenters. The zero-order valence-electron chi connectivity index (χ0n) is 26.5. The number of benzene rings is 8. The summed E-state index contributed by atoms with van der Waals surface area (Å²) >= 11 is 0. The minimum Gasteiger partial charge on any atom is -0.456 e. The highest BCUT2D eigenvalue weighted by Gasteiger charge is 2.24. The molecule has 2 heterocycles. The summed E-state index contributed by atoms with van der Waals surface area (Å²) in [5, 5.41) is 6.60. The molecule has 0 aliphatic rings. The van der Waals surface area contributed by atoms with Gasteiger partial charge in [0.15, 0.2) is 5.58 Å². The van der Waals surface area contributed by atoms with Crippen LogP contribution in [0.1, 0.15) is 0 Å². The maximum atomic E-state index is 7.14. The van der Waals surface area contributed by atoms with Gasteiger partial charge in [-0.05, 0) is 76.0 Å². The number of nitrogens with zero attached hydrogens (tertiary/aromatic N) is 1. The van der Waals surface area contributed by atoms with Crippen molar-refractivity contribution in [2.75, 3.05) is 4.90 Å². The SMILES string of the molecule is c1ccc(-c2ccc(N(c3ccccc3)c3cccc4c3oc3c(-c5ccc6ccccc6c5)c5c(cc34)oc3ccccc35)cc2)cc1. The van der Waals surface area contributed by atoms with Crippen LogP contribution in [0.2, 0.25) is 0 Å². The summed E-state index contributed by atoms with van der Waals surface area (Å²) in [6.07, 6.45) is 0. The van der Waals surface area contributed by atoms with Gasteiger partial charge in [0, 0.05) is 38.5 Å². The van der Waals surface area contributed by atoms with Crippen molar-refractivity contribution in [2.45, 2.75) is 0 Å². The van der Waals surface area contributed by atoms with E-state index in [1.165, 1.54) is 21.9 Å². The van der Waals surface area contributed by atoms with E-state index in [1.807, 2.05) is 18.2 Å². The Labute approximate surface area is 282 Å². The summed E-state index contributed by atoms with van der Waals surface area (Å²) in [6.45, 7) is 0. The molecule has 2 aromatic heterocycles. The molecule has 0 amide bonds. The Morgan fingerprint density at radius 2 is 1.02 bits per heavy atom. The Morgan fingerprint density at radius 1 is 0.367 bits per heavy atom. The zero-order chi connectivity index (χ0) is 32.3. The first-order valence-corrected chi connectivity index (χ1v) is 16.6. The molecule has 49 heavy (non-hydrogen) atoms. The summed E-state index contributed by atoms with van der Waals surface area (Å²) in [5.41, 5.74) is 11.0. The van der Waals surface area contributed by atoms with Crippen LogP contribution in [0.4, 0.5) is 17.1 Å². The average molecular weight is 628 g/mol. The van der Waals surface area contributed by atoms with E-state index in [0.29, 0.717) is 0 Å². The molecule has 0 aliphatic carbocycles.